The molecule has 19 heteroatoms. The molecule has 0 aliphatic carbocycles. The third-order valence-electron chi connectivity index (χ3n) is 20.1. The molecule has 0 saturated carbocycles. The molecule has 17 atom stereocenters. The van der Waals surface area contributed by atoms with E-state index >= 15 is 0 Å². The first-order chi connectivity index (χ1) is 48.8. The Hall–Kier alpha value is -2.51. The van der Waals surface area contributed by atoms with Crippen molar-refractivity contribution in [3.63, 3.8) is 0 Å². The van der Waals surface area contributed by atoms with E-state index in [4.69, 9.17) is 28.4 Å². The SMILES string of the molecule is CC/C=C\C/C=C\C/C=C\C/C=C\CCCCCCCCCCCCCCCCCCCCC(=O)NC(COC1OC(CO)C(OC2OC(CO)C(OC3OC(CO)C(O)C(O)C3O)C(O)C2O)C(O)C1O)C(O)/C=C/CCCCCCCCCCCCCCCCCCCCCCCC. The van der Waals surface area contributed by atoms with Gasteiger partial charge in [-0.1, -0.05) is 312 Å². The molecule has 17 unspecified atom stereocenters. The standard InChI is InChI=1S/C81H147NO18/c1-3-5-7-9-11-13-15-17-19-21-23-25-27-29-30-31-32-33-34-35-37-39-41-43-45-47-49-51-53-55-57-59-69(87)82-64(65(86)58-56-54-52-50-48-46-44-42-40-38-36-28-26-24-22-20-18-16-14-12-10-8-6-4-2)63-95-79-75(93)72(90)77(67(61-84)97-79)100-81-76(94)73(91)78(68(62-85)98-81)99-80-74(92)71(89)70(88)66(60-83)96-80/h5,7,11,13,17,19,23,25,56,58,64-68,70-81,83-86,88-94H,3-4,6,8-10,12,14-16,18,20-22,24,26-55,57,59-63H2,1-2H3,(H,82,87)/b7-5-,13-11-,19-17-,25-23-,58-56+. The Balaban J connectivity index is 1.37. The topological polar surface area (TPSA) is 307 Å². The van der Waals surface area contributed by atoms with Gasteiger partial charge in [-0.2, -0.15) is 0 Å². The summed E-state index contributed by atoms with van der Waals surface area (Å²) in [5.74, 6) is -0.271. The second-order valence-electron chi connectivity index (χ2n) is 28.9. The average Bonchev–Trinajstić information content (AvgIpc) is 0.783. The van der Waals surface area contributed by atoms with Crippen LogP contribution in [0.5, 0.6) is 0 Å². The lowest BCUT2D eigenvalue weighted by atomic mass is 9.96. The summed E-state index contributed by atoms with van der Waals surface area (Å²) >= 11 is 0. The smallest absolute Gasteiger partial charge is 0.220 e. The fourth-order valence-corrected chi connectivity index (χ4v) is 13.6. The van der Waals surface area contributed by atoms with E-state index in [1.54, 1.807) is 6.08 Å². The van der Waals surface area contributed by atoms with E-state index in [1.165, 1.54) is 218 Å². The molecule has 3 rings (SSSR count). The maximum atomic E-state index is 13.5. The van der Waals surface area contributed by atoms with Crippen molar-refractivity contribution in [3.05, 3.63) is 60.8 Å². The van der Waals surface area contributed by atoms with Gasteiger partial charge in [0.1, 0.15) is 73.2 Å². The number of hydrogen-bond acceptors (Lipinski definition) is 18. The minimum absolute atomic E-state index is 0.244. The normalized spacial score (nSPS) is 26.8. The molecular weight excluding hydrogens is 1270 g/mol. The number of ether oxygens (including phenoxy) is 6. The van der Waals surface area contributed by atoms with Crippen LogP contribution in [-0.4, -0.2) is 193 Å². The van der Waals surface area contributed by atoms with Crippen LogP contribution in [0.3, 0.4) is 0 Å². The number of nitrogens with one attached hydrogen (secondary N) is 1. The lowest BCUT2D eigenvalue weighted by Crippen LogP contribution is -2.66. The van der Waals surface area contributed by atoms with E-state index in [9.17, 15) is 61.0 Å². The first kappa shape index (κ1) is 91.7. The molecule has 3 aliphatic rings. The minimum Gasteiger partial charge on any atom is -0.394 e. The monoisotopic (exact) mass is 1420 g/mol. The predicted octanol–water partition coefficient (Wildman–Crippen LogP) is 13.5. The van der Waals surface area contributed by atoms with Crippen molar-refractivity contribution < 1.29 is 89.4 Å². The molecule has 12 N–H and O–H groups in total. The van der Waals surface area contributed by atoms with Crippen LogP contribution >= 0.6 is 0 Å². The van der Waals surface area contributed by atoms with E-state index < -0.39 is 124 Å². The highest BCUT2D eigenvalue weighted by atomic mass is 16.8. The van der Waals surface area contributed by atoms with Crippen molar-refractivity contribution in [2.45, 2.75) is 420 Å². The molecule has 0 radical (unpaired) electrons. The summed E-state index contributed by atoms with van der Waals surface area (Å²) in [6.45, 7) is 1.67. The van der Waals surface area contributed by atoms with Crippen molar-refractivity contribution in [2.75, 3.05) is 26.4 Å². The fraction of sp³-hybridized carbons (Fsp3) is 0.864. The van der Waals surface area contributed by atoms with Crippen molar-refractivity contribution in [3.8, 4) is 0 Å². The van der Waals surface area contributed by atoms with Crippen LogP contribution in [0.25, 0.3) is 0 Å². The lowest BCUT2D eigenvalue weighted by molar-refractivity contribution is -0.379. The van der Waals surface area contributed by atoms with E-state index in [-0.39, 0.29) is 18.9 Å². The maximum Gasteiger partial charge on any atom is 0.220 e. The third-order valence-corrected chi connectivity index (χ3v) is 20.1. The highest BCUT2D eigenvalue weighted by molar-refractivity contribution is 5.76. The summed E-state index contributed by atoms with van der Waals surface area (Å²) in [6, 6.07) is -0.975. The van der Waals surface area contributed by atoms with Gasteiger partial charge in [-0.15, -0.1) is 0 Å². The highest BCUT2D eigenvalue weighted by Crippen LogP contribution is 2.33. The van der Waals surface area contributed by atoms with Crippen LogP contribution in [0.1, 0.15) is 316 Å². The molecule has 0 spiro atoms. The molecule has 19 nitrogen and oxygen atoms in total. The van der Waals surface area contributed by atoms with Crippen LogP contribution in [0.2, 0.25) is 0 Å². The molecule has 100 heavy (non-hydrogen) atoms. The van der Waals surface area contributed by atoms with Crippen molar-refractivity contribution in [1.82, 2.24) is 5.32 Å². The van der Waals surface area contributed by atoms with E-state index in [2.05, 4.69) is 67.8 Å². The number of allylic oxidation sites excluding steroid dienone is 9. The zero-order valence-corrected chi connectivity index (χ0v) is 62.4. The Bertz CT molecular complexity index is 2040. The Morgan fingerprint density at radius 3 is 1.08 bits per heavy atom. The maximum absolute atomic E-state index is 13.5. The Morgan fingerprint density at radius 1 is 0.370 bits per heavy atom. The summed E-state index contributed by atoms with van der Waals surface area (Å²) in [5.41, 5.74) is 0. The number of rotatable bonds is 64. The van der Waals surface area contributed by atoms with Crippen LogP contribution in [0.4, 0.5) is 0 Å². The summed E-state index contributed by atoms with van der Waals surface area (Å²) in [4.78, 5) is 13.5. The molecular formula is C81H147NO18. The summed E-state index contributed by atoms with van der Waals surface area (Å²) in [6.07, 6.45) is 52.0. The average molecular weight is 1420 g/mol. The molecule has 3 aliphatic heterocycles. The zero-order valence-electron chi connectivity index (χ0n) is 62.4. The molecule has 0 aromatic carbocycles. The van der Waals surface area contributed by atoms with Gasteiger partial charge in [-0.25, -0.2) is 0 Å². The van der Waals surface area contributed by atoms with Crippen LogP contribution in [0.15, 0.2) is 60.8 Å². The first-order valence-electron chi connectivity index (χ1n) is 40.5. The zero-order chi connectivity index (χ0) is 72.5. The van der Waals surface area contributed by atoms with E-state index in [0.29, 0.717) is 6.42 Å². The van der Waals surface area contributed by atoms with Crippen molar-refractivity contribution in [2.24, 2.45) is 0 Å². The molecule has 584 valence electrons. The molecule has 3 heterocycles. The second kappa shape index (κ2) is 61.6. The fourth-order valence-electron chi connectivity index (χ4n) is 13.6. The Morgan fingerprint density at radius 2 is 0.690 bits per heavy atom. The van der Waals surface area contributed by atoms with E-state index in [0.717, 1.165) is 70.6 Å². The minimum atomic E-state index is -1.98. The van der Waals surface area contributed by atoms with Crippen LogP contribution < -0.4 is 5.32 Å². The number of unbranched alkanes of at least 4 members (excludes halogenated alkanes) is 40. The number of carbonyl (C=O) groups excluding carboxylic acids is 1. The lowest BCUT2D eigenvalue weighted by Gasteiger charge is -2.48. The summed E-state index contributed by atoms with van der Waals surface area (Å²) in [5, 5.41) is 121. The van der Waals surface area contributed by atoms with Gasteiger partial charge in [-0.3, -0.25) is 4.79 Å². The van der Waals surface area contributed by atoms with E-state index in [1.807, 2.05) is 6.08 Å². The quantitative estimate of drug-likeness (QED) is 0.0199. The second-order valence-corrected chi connectivity index (χ2v) is 28.9. The van der Waals surface area contributed by atoms with Gasteiger partial charge in [0.15, 0.2) is 18.9 Å². The van der Waals surface area contributed by atoms with Gasteiger partial charge in [0, 0.05) is 6.42 Å². The van der Waals surface area contributed by atoms with Crippen LogP contribution in [-0.2, 0) is 33.2 Å². The van der Waals surface area contributed by atoms with Gasteiger partial charge < -0.3 is 89.9 Å². The molecule has 3 fully saturated rings. The largest absolute Gasteiger partial charge is 0.394 e. The molecule has 0 bridgehead atoms. The van der Waals surface area contributed by atoms with Crippen molar-refractivity contribution >= 4 is 5.91 Å². The molecule has 0 aromatic heterocycles. The van der Waals surface area contributed by atoms with Gasteiger partial charge in [0.05, 0.1) is 38.6 Å². The molecule has 3 saturated heterocycles. The molecule has 1 amide bonds. The third kappa shape index (κ3) is 41.4. The first-order valence-corrected chi connectivity index (χ1v) is 40.5. The van der Waals surface area contributed by atoms with Gasteiger partial charge >= 0.3 is 0 Å². The predicted molar refractivity (Wildman–Crippen MR) is 397 cm³/mol. The number of aliphatic hydroxyl groups is 11. The van der Waals surface area contributed by atoms with Gasteiger partial charge in [0.25, 0.3) is 0 Å². The highest BCUT2D eigenvalue weighted by Gasteiger charge is 2.54. The Labute approximate surface area is 605 Å². The summed E-state index contributed by atoms with van der Waals surface area (Å²) in [7, 11) is 0. The number of carbonyl (C=O) groups is 1. The Kier molecular flexibility index (Phi) is 56.5. The number of aliphatic hydroxyl groups excluding tert-OH is 11. The summed E-state index contributed by atoms with van der Waals surface area (Å²) < 4.78 is 34.5. The number of amides is 1. The van der Waals surface area contributed by atoms with Gasteiger partial charge in [0.2, 0.25) is 5.91 Å². The van der Waals surface area contributed by atoms with Gasteiger partial charge in [-0.05, 0) is 57.8 Å². The number of hydrogen-bond donors (Lipinski definition) is 12. The van der Waals surface area contributed by atoms with Crippen LogP contribution in [0, 0.1) is 0 Å². The molecule has 0 aromatic rings. The van der Waals surface area contributed by atoms with Crippen molar-refractivity contribution in [1.29, 1.82) is 0 Å².